The Morgan fingerprint density at radius 3 is 1.19 bits per heavy atom. The van der Waals surface area contributed by atoms with Crippen molar-refractivity contribution in [2.24, 2.45) is 17.8 Å². The van der Waals surface area contributed by atoms with Crippen molar-refractivity contribution in [1.82, 2.24) is 0 Å². The number of hydrogen-bond donors (Lipinski definition) is 1. The molecule has 4 heteroatoms. The molecule has 0 spiro atoms. The number of hydrogen-bond acceptors (Lipinski definition) is 3. The molecule has 0 heterocycles. The van der Waals surface area contributed by atoms with Crippen LogP contribution in [-0.4, -0.2) is 25.8 Å². The van der Waals surface area contributed by atoms with Crippen LogP contribution in [-0.2, 0) is 29.7 Å². The van der Waals surface area contributed by atoms with Gasteiger partial charge in [-0.2, -0.15) is 0 Å². The summed E-state index contributed by atoms with van der Waals surface area (Å²) in [5.74, 6) is 3.21. The molecular weight excluding hydrogens is 384 g/mol. The van der Waals surface area contributed by atoms with E-state index in [1.807, 2.05) is 0 Å². The third-order valence-corrected chi connectivity index (χ3v) is 2.70. The van der Waals surface area contributed by atoms with E-state index in [1.165, 1.54) is 12.8 Å². The van der Waals surface area contributed by atoms with Gasteiger partial charge in [-0.15, -0.1) is 0 Å². The predicted molar refractivity (Wildman–Crippen MR) is 64.8 cm³/mol. The molecule has 2 unspecified atom stereocenters. The van der Waals surface area contributed by atoms with E-state index < -0.39 is 0 Å². The van der Waals surface area contributed by atoms with Crippen molar-refractivity contribution in [2.75, 3.05) is 7.11 Å². The quantitative estimate of drug-likeness (QED) is 0.562. The van der Waals surface area contributed by atoms with E-state index in [4.69, 9.17) is 14.7 Å². The molecule has 3 nitrogen and oxygen atoms in total. The molecule has 1 saturated carbocycles. The number of aliphatic hydroxyl groups excluding tert-OH is 1. The fraction of sp³-hybridized carbons (Fsp3) is 0.750. The molecule has 0 aromatic heterocycles. The van der Waals surface area contributed by atoms with Gasteiger partial charge < -0.3 is 22.1 Å². The molecule has 2 atom stereocenters. The summed E-state index contributed by atoms with van der Waals surface area (Å²) in [6, 6.07) is 0. The van der Waals surface area contributed by atoms with Crippen LogP contribution in [0.5, 0.6) is 0 Å². The molecule has 100 valence electrons. The molecule has 1 fully saturated rings. The first-order valence-electron chi connectivity index (χ1n) is 4.73. The molecule has 1 aliphatic rings. The fourth-order valence-electron chi connectivity index (χ4n) is 1.99. The first-order chi connectivity index (χ1) is 6.81. The molecule has 0 amide bonds. The standard InChI is InChI=1S/C8H16.CH4O.2CHO.CH3.Ir/c1-4-7-6(3)8(7)5-2;3*1-2;;/h6-8H,4-5H2,1-3H3;2H,1H3;2*1H;1H3;/q;;3*-1;+3. The Morgan fingerprint density at radius 2 is 1.12 bits per heavy atom. The average Bonchev–Trinajstić information content (AvgIpc) is 2.96. The van der Waals surface area contributed by atoms with Gasteiger partial charge in [0.05, 0.1) is 0 Å². The first-order valence-corrected chi connectivity index (χ1v) is 4.73. The van der Waals surface area contributed by atoms with Crippen LogP contribution in [0.1, 0.15) is 33.6 Å². The fourth-order valence-corrected chi connectivity index (χ4v) is 1.99. The van der Waals surface area contributed by atoms with Gasteiger partial charge in [0.25, 0.3) is 0 Å². The van der Waals surface area contributed by atoms with Crippen LogP contribution in [0.2, 0.25) is 0 Å². The van der Waals surface area contributed by atoms with Crippen molar-refractivity contribution in [2.45, 2.75) is 33.6 Å². The van der Waals surface area contributed by atoms with Gasteiger partial charge >= 0.3 is 20.1 Å². The van der Waals surface area contributed by atoms with E-state index in [-0.39, 0.29) is 27.5 Å². The van der Waals surface area contributed by atoms with E-state index in [9.17, 15) is 0 Å². The Labute approximate surface area is 114 Å². The number of carbonyl (C=O) groups excluding carboxylic acids is 2. The Hall–Kier alpha value is -0.0506. The largest absolute Gasteiger partial charge is 3.00 e. The van der Waals surface area contributed by atoms with E-state index in [0.717, 1.165) is 24.9 Å². The Kier molecular flexibility index (Phi) is 45.1. The average molecular weight is 410 g/mol. The summed E-state index contributed by atoms with van der Waals surface area (Å²) in [5, 5.41) is 7.00. The zero-order chi connectivity index (χ0) is 12.1. The zero-order valence-corrected chi connectivity index (χ0v) is 13.3. The third kappa shape index (κ3) is 12.0. The monoisotopic (exact) mass is 410 g/mol. The summed E-state index contributed by atoms with van der Waals surface area (Å²) < 4.78 is 0. The van der Waals surface area contributed by atoms with Crippen LogP contribution in [0.15, 0.2) is 0 Å². The van der Waals surface area contributed by atoms with Gasteiger partial charge in [0.1, 0.15) is 0 Å². The maximum atomic E-state index is 7.75. The van der Waals surface area contributed by atoms with Gasteiger partial charge in [-0.05, 0) is 17.8 Å². The van der Waals surface area contributed by atoms with E-state index in [1.54, 1.807) is 0 Å². The molecule has 0 aromatic carbocycles. The van der Waals surface area contributed by atoms with Gasteiger partial charge in [-0.25, -0.2) is 0 Å². The molecule has 0 radical (unpaired) electrons. The van der Waals surface area contributed by atoms with Crippen LogP contribution in [0.3, 0.4) is 0 Å². The van der Waals surface area contributed by atoms with Crippen LogP contribution >= 0.6 is 0 Å². The second-order valence-corrected chi connectivity index (χ2v) is 3.00. The Morgan fingerprint density at radius 1 is 0.938 bits per heavy atom. The summed E-state index contributed by atoms with van der Waals surface area (Å²) in [7, 11) is 1.00. The summed E-state index contributed by atoms with van der Waals surface area (Å²) in [6.07, 6.45) is 2.80. The van der Waals surface area contributed by atoms with Gasteiger partial charge in [0.15, 0.2) is 0 Å². The molecule has 16 heavy (non-hydrogen) atoms. The van der Waals surface area contributed by atoms with Crippen LogP contribution in [0, 0.1) is 25.2 Å². The topological polar surface area (TPSA) is 54.4 Å². The van der Waals surface area contributed by atoms with Crippen molar-refractivity contribution in [3.63, 3.8) is 0 Å². The Bertz CT molecular complexity index is 100. The maximum absolute atomic E-state index is 7.75. The van der Waals surface area contributed by atoms with Crippen molar-refractivity contribution in [1.29, 1.82) is 0 Å². The maximum Gasteiger partial charge on any atom is 3.00 e. The molecule has 1 aliphatic carbocycles. The molecule has 0 aliphatic heterocycles. The molecule has 1 rings (SSSR count). The molecule has 0 aromatic rings. The summed E-state index contributed by atoms with van der Waals surface area (Å²) in [4.78, 5) is 15.5. The number of rotatable bonds is 2. The first kappa shape index (κ1) is 29.7. The second-order valence-electron chi connectivity index (χ2n) is 3.00. The van der Waals surface area contributed by atoms with Crippen molar-refractivity contribution >= 4 is 13.6 Å². The predicted octanol–water partition coefficient (Wildman–Crippen LogP) is 2.20. The minimum absolute atomic E-state index is 0. The van der Waals surface area contributed by atoms with Crippen molar-refractivity contribution < 1.29 is 34.8 Å². The van der Waals surface area contributed by atoms with E-state index in [0.29, 0.717) is 0 Å². The molecular formula is C12H25IrO3. The van der Waals surface area contributed by atoms with Crippen LogP contribution in [0.4, 0.5) is 0 Å². The van der Waals surface area contributed by atoms with Gasteiger partial charge in [-0.1, -0.05) is 33.6 Å². The molecule has 1 N–H and O–H groups in total. The smallest absolute Gasteiger partial charge is 0.545 e. The van der Waals surface area contributed by atoms with Crippen LogP contribution < -0.4 is 0 Å². The Balaban J connectivity index is -0.0000000445. The molecule has 0 saturated heterocycles. The normalized spacial score (nSPS) is 23.2. The van der Waals surface area contributed by atoms with Crippen LogP contribution in [0.25, 0.3) is 0 Å². The van der Waals surface area contributed by atoms with Gasteiger partial charge in [0, 0.05) is 7.11 Å². The number of aliphatic hydroxyl groups is 1. The minimum atomic E-state index is 0. The summed E-state index contributed by atoms with van der Waals surface area (Å²) in [6.45, 7) is 13.5. The van der Waals surface area contributed by atoms with Gasteiger partial charge in [0.2, 0.25) is 0 Å². The van der Waals surface area contributed by atoms with Crippen molar-refractivity contribution in [3.8, 4) is 0 Å². The zero-order valence-electron chi connectivity index (χ0n) is 10.9. The van der Waals surface area contributed by atoms with Gasteiger partial charge in [-0.3, -0.25) is 13.6 Å². The minimum Gasteiger partial charge on any atom is -0.545 e. The third-order valence-electron chi connectivity index (χ3n) is 2.70. The van der Waals surface area contributed by atoms with E-state index in [2.05, 4.69) is 34.3 Å². The van der Waals surface area contributed by atoms with Crippen molar-refractivity contribution in [3.05, 3.63) is 7.43 Å². The van der Waals surface area contributed by atoms with E-state index >= 15 is 0 Å². The second kappa shape index (κ2) is 24.3. The summed E-state index contributed by atoms with van der Waals surface area (Å²) in [5.41, 5.74) is 0. The molecule has 0 bridgehead atoms. The summed E-state index contributed by atoms with van der Waals surface area (Å²) >= 11 is 0. The SMILES string of the molecule is CCC1C(C)C1CC.CO.[CH-]=O.[CH-]=O.[CH3-].[Ir+3].